The summed E-state index contributed by atoms with van der Waals surface area (Å²) in [4.78, 5) is 26.6. The highest BCUT2D eigenvalue weighted by Crippen LogP contribution is 2.30. The molecule has 0 radical (unpaired) electrons. The van der Waals surface area contributed by atoms with Crippen molar-refractivity contribution in [2.24, 2.45) is 0 Å². The van der Waals surface area contributed by atoms with Crippen LogP contribution in [0.1, 0.15) is 26.3 Å². The Kier molecular flexibility index (Phi) is 5.54. The van der Waals surface area contributed by atoms with Crippen molar-refractivity contribution in [3.63, 3.8) is 0 Å². The quantitative estimate of drug-likeness (QED) is 0.440. The molecule has 0 saturated heterocycles. The number of para-hydroxylation sites is 1. The van der Waals surface area contributed by atoms with E-state index in [1.165, 1.54) is 0 Å². The summed E-state index contributed by atoms with van der Waals surface area (Å²) >= 11 is 1.57. The van der Waals surface area contributed by atoms with Crippen LogP contribution in [0.4, 0.5) is 4.79 Å². The standard InChI is InChI=1S/C24H25N3O3S/c1-24(2,3)30-23(29)27-21-19(18-13-14-25(16-18)31-4)11-8-12-20(21)26(22(27)28)15-17-9-6-5-7-10-17/h5-14,16H,15H2,1-4H3. The maximum Gasteiger partial charge on any atom is 0.423 e. The third-order valence-electron chi connectivity index (χ3n) is 4.90. The van der Waals surface area contributed by atoms with E-state index in [-0.39, 0.29) is 0 Å². The Bertz CT molecular complexity index is 1290. The van der Waals surface area contributed by atoms with Gasteiger partial charge in [-0.05, 0) is 50.4 Å². The van der Waals surface area contributed by atoms with E-state index >= 15 is 0 Å². The first kappa shape index (κ1) is 21.1. The van der Waals surface area contributed by atoms with Crippen LogP contribution in [0.3, 0.4) is 0 Å². The summed E-state index contributed by atoms with van der Waals surface area (Å²) in [6, 6.07) is 17.4. The van der Waals surface area contributed by atoms with E-state index in [2.05, 4.69) is 0 Å². The van der Waals surface area contributed by atoms with Crippen LogP contribution in [-0.4, -0.2) is 31.1 Å². The maximum absolute atomic E-state index is 13.5. The van der Waals surface area contributed by atoms with Gasteiger partial charge < -0.3 is 4.74 Å². The van der Waals surface area contributed by atoms with E-state index in [1.54, 1.807) is 37.3 Å². The van der Waals surface area contributed by atoms with Crippen LogP contribution in [0.25, 0.3) is 22.2 Å². The number of rotatable bonds is 4. The lowest BCUT2D eigenvalue weighted by molar-refractivity contribution is 0.0537. The lowest BCUT2D eigenvalue weighted by Gasteiger charge is -2.19. The summed E-state index contributed by atoms with van der Waals surface area (Å²) in [5.74, 6) is 0. The number of benzene rings is 2. The van der Waals surface area contributed by atoms with Crippen molar-refractivity contribution in [1.29, 1.82) is 0 Å². The zero-order chi connectivity index (χ0) is 22.2. The summed E-state index contributed by atoms with van der Waals surface area (Å²) in [6.07, 6.45) is 5.25. The van der Waals surface area contributed by atoms with E-state index in [4.69, 9.17) is 4.74 Å². The van der Waals surface area contributed by atoms with Crippen molar-refractivity contribution in [3.8, 4) is 11.1 Å². The summed E-state index contributed by atoms with van der Waals surface area (Å²) in [7, 11) is 0. The molecule has 0 unspecified atom stereocenters. The highest BCUT2D eigenvalue weighted by molar-refractivity contribution is 7.97. The molecule has 0 aliphatic carbocycles. The Morgan fingerprint density at radius 1 is 1.03 bits per heavy atom. The van der Waals surface area contributed by atoms with Gasteiger partial charge in [-0.2, -0.15) is 4.57 Å². The van der Waals surface area contributed by atoms with Crippen molar-refractivity contribution in [2.45, 2.75) is 32.9 Å². The fourth-order valence-electron chi connectivity index (χ4n) is 3.58. The van der Waals surface area contributed by atoms with Crippen molar-refractivity contribution < 1.29 is 9.53 Å². The summed E-state index contributed by atoms with van der Waals surface area (Å²) in [6.45, 7) is 5.73. The van der Waals surface area contributed by atoms with Gasteiger partial charge in [0.05, 0.1) is 17.6 Å². The van der Waals surface area contributed by atoms with Crippen LogP contribution in [0.15, 0.2) is 71.8 Å². The highest BCUT2D eigenvalue weighted by atomic mass is 32.2. The first-order valence-electron chi connectivity index (χ1n) is 10.0. The molecule has 7 heteroatoms. The Morgan fingerprint density at radius 2 is 1.77 bits per heavy atom. The van der Waals surface area contributed by atoms with Crippen LogP contribution in [0.2, 0.25) is 0 Å². The molecule has 2 aromatic heterocycles. The average Bonchev–Trinajstić information content (AvgIpc) is 3.31. The fraction of sp³-hybridized carbons (Fsp3) is 0.250. The molecule has 31 heavy (non-hydrogen) atoms. The third-order valence-corrected chi connectivity index (χ3v) is 5.55. The van der Waals surface area contributed by atoms with Gasteiger partial charge in [-0.25, -0.2) is 9.59 Å². The summed E-state index contributed by atoms with van der Waals surface area (Å²) in [5, 5.41) is 0. The molecule has 0 saturated carbocycles. The number of aromatic nitrogens is 3. The first-order valence-corrected chi connectivity index (χ1v) is 11.2. The van der Waals surface area contributed by atoms with Gasteiger partial charge in [-0.3, -0.25) is 8.54 Å². The Morgan fingerprint density at radius 3 is 2.42 bits per heavy atom. The zero-order valence-corrected chi connectivity index (χ0v) is 18.8. The van der Waals surface area contributed by atoms with Crippen molar-refractivity contribution in [3.05, 3.63) is 83.0 Å². The van der Waals surface area contributed by atoms with Gasteiger partial charge in [-0.15, -0.1) is 0 Å². The lowest BCUT2D eigenvalue weighted by atomic mass is 10.1. The second-order valence-corrected chi connectivity index (χ2v) is 9.07. The topological polar surface area (TPSA) is 58.2 Å². The predicted molar refractivity (Wildman–Crippen MR) is 126 cm³/mol. The first-order chi connectivity index (χ1) is 14.8. The minimum Gasteiger partial charge on any atom is -0.443 e. The molecule has 0 atom stereocenters. The molecule has 6 nitrogen and oxygen atoms in total. The van der Waals surface area contributed by atoms with Gasteiger partial charge in [0.15, 0.2) is 0 Å². The minimum atomic E-state index is -0.721. The van der Waals surface area contributed by atoms with Crippen LogP contribution in [0, 0.1) is 0 Å². The number of carbonyl (C=O) groups excluding carboxylic acids is 1. The Balaban J connectivity index is 1.97. The Hall–Kier alpha value is -3.19. The minimum absolute atomic E-state index is 0.362. The number of carbonyl (C=O) groups is 1. The normalized spacial score (nSPS) is 11.7. The SMILES string of the molecule is CSn1ccc(-c2cccc3c2n(C(=O)OC(C)(C)C)c(=O)n3Cc2ccccc2)c1. The Labute approximate surface area is 185 Å². The molecule has 0 N–H and O–H groups in total. The lowest BCUT2D eigenvalue weighted by Crippen LogP contribution is -2.34. The van der Waals surface area contributed by atoms with E-state index in [0.717, 1.165) is 21.3 Å². The highest BCUT2D eigenvalue weighted by Gasteiger charge is 2.26. The number of imidazole rings is 1. The van der Waals surface area contributed by atoms with E-state index in [0.29, 0.717) is 17.6 Å². The van der Waals surface area contributed by atoms with Gasteiger partial charge in [-0.1, -0.05) is 42.5 Å². The average molecular weight is 436 g/mol. The molecule has 0 spiro atoms. The predicted octanol–water partition coefficient (Wildman–Crippen LogP) is 5.23. The van der Waals surface area contributed by atoms with E-state index < -0.39 is 17.4 Å². The van der Waals surface area contributed by atoms with E-state index in [1.807, 2.05) is 77.2 Å². The smallest absolute Gasteiger partial charge is 0.423 e. The number of hydrogen-bond acceptors (Lipinski definition) is 4. The molecule has 4 rings (SSSR count). The molecular weight excluding hydrogens is 410 g/mol. The van der Waals surface area contributed by atoms with Crippen molar-refractivity contribution in [1.82, 2.24) is 13.1 Å². The molecular formula is C24H25N3O3S. The largest absolute Gasteiger partial charge is 0.443 e. The number of nitrogens with zero attached hydrogens (tertiary/aromatic N) is 3. The zero-order valence-electron chi connectivity index (χ0n) is 18.0. The summed E-state index contributed by atoms with van der Waals surface area (Å²) < 4.78 is 10.4. The van der Waals surface area contributed by atoms with Gasteiger partial charge in [0.25, 0.3) is 0 Å². The molecule has 4 aromatic rings. The van der Waals surface area contributed by atoms with Crippen LogP contribution in [-0.2, 0) is 11.3 Å². The van der Waals surface area contributed by atoms with Crippen LogP contribution in [0.5, 0.6) is 0 Å². The molecule has 2 aromatic carbocycles. The number of hydrogen-bond donors (Lipinski definition) is 0. The maximum atomic E-state index is 13.5. The van der Waals surface area contributed by atoms with Gasteiger partial charge >= 0.3 is 11.8 Å². The molecule has 160 valence electrons. The third kappa shape index (κ3) is 4.18. The van der Waals surface area contributed by atoms with E-state index in [9.17, 15) is 9.59 Å². The molecule has 2 heterocycles. The van der Waals surface area contributed by atoms with Gasteiger partial charge in [0.2, 0.25) is 0 Å². The molecule has 0 aliphatic heterocycles. The molecule has 0 amide bonds. The number of ether oxygens (including phenoxy) is 1. The molecule has 0 bridgehead atoms. The van der Waals surface area contributed by atoms with Gasteiger partial charge in [0, 0.05) is 29.8 Å². The van der Waals surface area contributed by atoms with Crippen molar-refractivity contribution in [2.75, 3.05) is 6.26 Å². The second-order valence-electron chi connectivity index (χ2n) is 8.29. The van der Waals surface area contributed by atoms with Crippen LogP contribution >= 0.6 is 11.9 Å². The molecule has 0 aliphatic rings. The fourth-order valence-corrected chi connectivity index (χ4v) is 3.98. The monoisotopic (exact) mass is 435 g/mol. The van der Waals surface area contributed by atoms with Crippen LogP contribution < -0.4 is 5.69 Å². The summed E-state index contributed by atoms with van der Waals surface area (Å²) in [5.41, 5.74) is 2.82. The van der Waals surface area contributed by atoms with Crippen molar-refractivity contribution >= 4 is 29.1 Å². The molecule has 0 fully saturated rings. The second kappa shape index (κ2) is 8.15. The van der Waals surface area contributed by atoms with Gasteiger partial charge in [0.1, 0.15) is 5.60 Å². The number of fused-ring (bicyclic) bond motifs is 1.